The number of anilines is 1. The van der Waals surface area contributed by atoms with Crippen molar-refractivity contribution in [2.45, 2.75) is 6.18 Å². The second kappa shape index (κ2) is 6.68. The summed E-state index contributed by atoms with van der Waals surface area (Å²) in [5.74, 6) is -0.605. The highest BCUT2D eigenvalue weighted by Crippen LogP contribution is 2.33. The van der Waals surface area contributed by atoms with Gasteiger partial charge in [0.1, 0.15) is 5.75 Å². The number of hydrogen-bond donors (Lipinski definition) is 1. The Kier molecular flexibility index (Phi) is 5.06. The third-order valence-electron chi connectivity index (χ3n) is 2.90. The predicted molar refractivity (Wildman–Crippen MR) is 82.4 cm³/mol. The van der Waals surface area contributed by atoms with Gasteiger partial charge in [0.2, 0.25) is 0 Å². The Morgan fingerprint density at radius 2 is 1.87 bits per heavy atom. The first-order valence-corrected chi connectivity index (χ1v) is 6.99. The molecule has 0 saturated heterocycles. The van der Waals surface area contributed by atoms with E-state index in [-0.39, 0.29) is 27.0 Å². The van der Waals surface area contributed by atoms with E-state index in [1.807, 2.05) is 0 Å². The fraction of sp³-hybridized carbons (Fsp3) is 0.133. The van der Waals surface area contributed by atoms with Gasteiger partial charge < -0.3 is 10.1 Å². The van der Waals surface area contributed by atoms with Crippen LogP contribution in [-0.2, 0) is 6.18 Å². The molecule has 23 heavy (non-hydrogen) atoms. The van der Waals surface area contributed by atoms with E-state index in [1.165, 1.54) is 31.4 Å². The molecule has 0 saturated carbocycles. The number of amides is 1. The van der Waals surface area contributed by atoms with Gasteiger partial charge in [-0.3, -0.25) is 4.79 Å². The molecule has 0 bridgehead atoms. The van der Waals surface area contributed by atoms with Crippen molar-refractivity contribution in [1.29, 1.82) is 0 Å². The molecule has 1 N–H and O–H groups in total. The molecule has 2 aromatic rings. The fourth-order valence-corrected chi connectivity index (χ4v) is 2.48. The summed E-state index contributed by atoms with van der Waals surface area (Å²) in [5, 5.41) is 2.68. The number of ether oxygens (including phenoxy) is 1. The zero-order valence-electron chi connectivity index (χ0n) is 11.7. The molecular weight excluding hydrogens is 354 g/mol. The lowest BCUT2D eigenvalue weighted by Gasteiger charge is -2.13. The highest BCUT2D eigenvalue weighted by molar-refractivity contribution is 6.36. The lowest BCUT2D eigenvalue weighted by atomic mass is 10.1. The fourth-order valence-electron chi connectivity index (χ4n) is 1.91. The van der Waals surface area contributed by atoms with Gasteiger partial charge in [0.25, 0.3) is 5.91 Å². The van der Waals surface area contributed by atoms with Gasteiger partial charge in [-0.25, -0.2) is 0 Å². The summed E-state index contributed by atoms with van der Waals surface area (Å²) in [6.07, 6.45) is -4.50. The SMILES string of the molecule is COc1c(Cl)cc(Cl)cc1C(=O)Nc1cccc(C(F)(F)F)c1. The van der Waals surface area contributed by atoms with Crippen LogP contribution in [0.25, 0.3) is 0 Å². The van der Waals surface area contributed by atoms with Crippen molar-refractivity contribution in [3.8, 4) is 5.75 Å². The molecule has 0 spiro atoms. The highest BCUT2D eigenvalue weighted by Gasteiger charge is 2.30. The summed E-state index contributed by atoms with van der Waals surface area (Å²) in [6.45, 7) is 0. The van der Waals surface area contributed by atoms with Gasteiger partial charge in [-0.15, -0.1) is 0 Å². The van der Waals surface area contributed by atoms with Crippen molar-refractivity contribution in [2.24, 2.45) is 0 Å². The third-order valence-corrected chi connectivity index (χ3v) is 3.40. The van der Waals surface area contributed by atoms with Crippen LogP contribution in [0.3, 0.4) is 0 Å². The van der Waals surface area contributed by atoms with Crippen LogP contribution >= 0.6 is 23.2 Å². The van der Waals surface area contributed by atoms with Crippen molar-refractivity contribution >= 4 is 34.8 Å². The first-order valence-electron chi connectivity index (χ1n) is 6.24. The molecule has 0 aliphatic heterocycles. The highest BCUT2D eigenvalue weighted by atomic mass is 35.5. The molecule has 0 aliphatic rings. The van der Waals surface area contributed by atoms with E-state index in [1.54, 1.807) is 0 Å². The third kappa shape index (κ3) is 4.09. The maximum absolute atomic E-state index is 12.7. The summed E-state index contributed by atoms with van der Waals surface area (Å²) >= 11 is 11.8. The molecule has 0 radical (unpaired) electrons. The largest absolute Gasteiger partial charge is 0.494 e. The molecule has 3 nitrogen and oxygen atoms in total. The zero-order valence-corrected chi connectivity index (χ0v) is 13.2. The van der Waals surface area contributed by atoms with E-state index >= 15 is 0 Å². The maximum atomic E-state index is 12.7. The maximum Gasteiger partial charge on any atom is 0.416 e. The first kappa shape index (κ1) is 17.4. The quantitative estimate of drug-likeness (QED) is 0.806. The Bertz CT molecular complexity index is 748. The molecule has 0 fully saturated rings. The summed E-state index contributed by atoms with van der Waals surface area (Å²) < 4.78 is 43.1. The molecule has 1 amide bonds. The molecule has 0 heterocycles. The molecule has 0 atom stereocenters. The van der Waals surface area contributed by atoms with E-state index in [0.717, 1.165) is 12.1 Å². The normalized spacial score (nSPS) is 11.2. The smallest absolute Gasteiger partial charge is 0.416 e. The average molecular weight is 364 g/mol. The topological polar surface area (TPSA) is 38.3 Å². The Morgan fingerprint density at radius 3 is 2.48 bits per heavy atom. The van der Waals surface area contributed by atoms with Gasteiger partial charge in [0.05, 0.1) is 23.3 Å². The van der Waals surface area contributed by atoms with Crippen LogP contribution in [-0.4, -0.2) is 13.0 Å². The van der Waals surface area contributed by atoms with Gasteiger partial charge in [-0.05, 0) is 30.3 Å². The second-order valence-electron chi connectivity index (χ2n) is 4.50. The van der Waals surface area contributed by atoms with Gasteiger partial charge in [0.15, 0.2) is 0 Å². The molecule has 122 valence electrons. The van der Waals surface area contributed by atoms with Gasteiger partial charge in [-0.1, -0.05) is 29.3 Å². The summed E-state index contributed by atoms with van der Waals surface area (Å²) in [5.41, 5.74) is -0.864. The first-order chi connectivity index (χ1) is 10.7. The molecule has 2 aromatic carbocycles. The number of methoxy groups -OCH3 is 1. The van der Waals surface area contributed by atoms with Crippen LogP contribution in [0.2, 0.25) is 10.0 Å². The van der Waals surface area contributed by atoms with E-state index in [2.05, 4.69) is 5.32 Å². The monoisotopic (exact) mass is 363 g/mol. The Labute approximate surface area is 140 Å². The molecule has 0 unspecified atom stereocenters. The van der Waals surface area contributed by atoms with Crippen molar-refractivity contribution in [3.63, 3.8) is 0 Å². The van der Waals surface area contributed by atoms with E-state index in [0.29, 0.717) is 0 Å². The average Bonchev–Trinajstić information content (AvgIpc) is 2.46. The van der Waals surface area contributed by atoms with E-state index in [9.17, 15) is 18.0 Å². The lowest BCUT2D eigenvalue weighted by Crippen LogP contribution is -2.14. The molecule has 8 heteroatoms. The number of hydrogen-bond acceptors (Lipinski definition) is 2. The van der Waals surface area contributed by atoms with Crippen LogP contribution in [0.15, 0.2) is 36.4 Å². The van der Waals surface area contributed by atoms with Crippen molar-refractivity contribution in [1.82, 2.24) is 0 Å². The Morgan fingerprint density at radius 1 is 1.17 bits per heavy atom. The standard InChI is InChI=1S/C15H10Cl2F3NO2/c1-23-13-11(6-9(16)7-12(13)17)14(22)21-10-4-2-3-8(5-10)15(18,19)20/h2-7H,1H3,(H,21,22). The van der Waals surface area contributed by atoms with Crippen molar-refractivity contribution < 1.29 is 22.7 Å². The lowest BCUT2D eigenvalue weighted by molar-refractivity contribution is -0.137. The van der Waals surface area contributed by atoms with Crippen molar-refractivity contribution in [3.05, 3.63) is 57.6 Å². The Hall–Kier alpha value is -1.92. The second-order valence-corrected chi connectivity index (χ2v) is 5.34. The Balaban J connectivity index is 2.33. The van der Waals surface area contributed by atoms with Crippen molar-refractivity contribution in [2.75, 3.05) is 12.4 Å². The number of rotatable bonds is 3. The molecular formula is C15H10Cl2F3NO2. The van der Waals surface area contributed by atoms with E-state index in [4.69, 9.17) is 27.9 Å². The summed E-state index contributed by atoms with van der Waals surface area (Å²) in [6, 6.07) is 6.98. The van der Waals surface area contributed by atoms with Gasteiger partial charge in [0, 0.05) is 10.7 Å². The summed E-state index contributed by atoms with van der Waals surface area (Å²) in [7, 11) is 1.32. The molecule has 0 aromatic heterocycles. The van der Waals surface area contributed by atoms with Crippen LogP contribution in [0.1, 0.15) is 15.9 Å². The van der Waals surface area contributed by atoms with Crippen LogP contribution in [0.4, 0.5) is 18.9 Å². The van der Waals surface area contributed by atoms with Crippen LogP contribution in [0, 0.1) is 0 Å². The number of nitrogens with one attached hydrogen (secondary N) is 1. The van der Waals surface area contributed by atoms with Crippen LogP contribution in [0.5, 0.6) is 5.75 Å². The number of alkyl halides is 3. The minimum Gasteiger partial charge on any atom is -0.494 e. The minimum atomic E-state index is -4.50. The van der Waals surface area contributed by atoms with E-state index < -0.39 is 17.6 Å². The summed E-state index contributed by atoms with van der Waals surface area (Å²) in [4.78, 5) is 12.3. The number of halogens is 5. The number of carbonyl (C=O) groups excluding carboxylic acids is 1. The molecule has 2 rings (SSSR count). The molecule has 0 aliphatic carbocycles. The number of benzene rings is 2. The van der Waals surface area contributed by atoms with Gasteiger partial charge >= 0.3 is 6.18 Å². The zero-order chi connectivity index (χ0) is 17.2. The number of carbonyl (C=O) groups is 1. The minimum absolute atomic E-state index is 0.0111. The van der Waals surface area contributed by atoms with Crippen LogP contribution < -0.4 is 10.1 Å². The predicted octanol–water partition coefficient (Wildman–Crippen LogP) is 5.27. The van der Waals surface area contributed by atoms with Gasteiger partial charge in [-0.2, -0.15) is 13.2 Å².